The quantitative estimate of drug-likeness (QED) is 0.747. The van der Waals surface area contributed by atoms with Crippen LogP contribution in [0, 0.1) is 5.82 Å². The molecular formula is C11H14FNO3S. The van der Waals surface area contributed by atoms with E-state index in [0.717, 1.165) is 10.4 Å². The summed E-state index contributed by atoms with van der Waals surface area (Å²) in [6.45, 7) is 0. The van der Waals surface area contributed by atoms with Gasteiger partial charge in [-0.2, -0.15) is 0 Å². The van der Waals surface area contributed by atoms with Crippen molar-refractivity contribution in [2.45, 2.75) is 17.7 Å². The van der Waals surface area contributed by atoms with Gasteiger partial charge in [0.05, 0.1) is 4.90 Å². The van der Waals surface area contributed by atoms with Crippen LogP contribution in [-0.4, -0.2) is 33.1 Å². The smallest absolute Gasteiger partial charge is 0.242 e. The third kappa shape index (κ3) is 3.10. The number of aryl methyl sites for hydroxylation is 1. The average Bonchev–Trinajstić information content (AvgIpc) is 2.27. The van der Waals surface area contributed by atoms with Gasteiger partial charge in [0.25, 0.3) is 0 Å². The molecule has 0 spiro atoms. The van der Waals surface area contributed by atoms with E-state index in [0.29, 0.717) is 11.8 Å². The minimum atomic E-state index is -3.68. The van der Waals surface area contributed by atoms with E-state index in [9.17, 15) is 17.6 Å². The van der Waals surface area contributed by atoms with Crippen LogP contribution in [-0.2, 0) is 21.2 Å². The highest BCUT2D eigenvalue weighted by Crippen LogP contribution is 2.21. The van der Waals surface area contributed by atoms with Crippen molar-refractivity contribution in [2.75, 3.05) is 14.1 Å². The molecular weight excluding hydrogens is 245 g/mol. The highest BCUT2D eigenvalue weighted by molar-refractivity contribution is 7.89. The van der Waals surface area contributed by atoms with Gasteiger partial charge in [0, 0.05) is 20.5 Å². The van der Waals surface area contributed by atoms with Crippen LogP contribution in [0.25, 0.3) is 0 Å². The van der Waals surface area contributed by atoms with E-state index >= 15 is 0 Å². The summed E-state index contributed by atoms with van der Waals surface area (Å²) < 4.78 is 38.0. The summed E-state index contributed by atoms with van der Waals surface area (Å²) in [7, 11) is -0.926. The molecule has 0 saturated carbocycles. The van der Waals surface area contributed by atoms with Crippen molar-refractivity contribution < 1.29 is 17.6 Å². The summed E-state index contributed by atoms with van der Waals surface area (Å²) in [5.41, 5.74) is 0.451. The standard InChI is InChI=1S/C11H14FNO3S/c1-13(2)17(15,16)11-8-10(12)6-5-9(11)4-3-7-14/h5-8H,3-4H2,1-2H3. The van der Waals surface area contributed by atoms with Crippen molar-refractivity contribution in [1.82, 2.24) is 4.31 Å². The summed E-state index contributed by atoms with van der Waals surface area (Å²) >= 11 is 0. The number of hydrogen-bond acceptors (Lipinski definition) is 3. The van der Waals surface area contributed by atoms with E-state index in [1.165, 1.54) is 26.2 Å². The molecule has 1 aromatic carbocycles. The summed E-state index contributed by atoms with van der Waals surface area (Å²) in [6, 6.07) is 3.57. The number of carbonyl (C=O) groups excluding carboxylic acids is 1. The number of hydrogen-bond donors (Lipinski definition) is 0. The molecule has 17 heavy (non-hydrogen) atoms. The van der Waals surface area contributed by atoms with Crippen molar-refractivity contribution >= 4 is 16.3 Å². The second kappa shape index (κ2) is 5.37. The first-order chi connectivity index (χ1) is 7.89. The minimum absolute atomic E-state index is 0.0793. The monoisotopic (exact) mass is 259 g/mol. The lowest BCUT2D eigenvalue weighted by Crippen LogP contribution is -2.23. The molecule has 0 atom stereocenters. The maximum atomic E-state index is 13.1. The van der Waals surface area contributed by atoms with Crippen LogP contribution in [0.15, 0.2) is 23.1 Å². The van der Waals surface area contributed by atoms with Crippen LogP contribution < -0.4 is 0 Å². The number of halogens is 1. The zero-order chi connectivity index (χ0) is 13.1. The molecule has 1 rings (SSSR count). The lowest BCUT2D eigenvalue weighted by Gasteiger charge is -2.14. The second-order valence-electron chi connectivity index (χ2n) is 3.74. The number of sulfonamides is 1. The van der Waals surface area contributed by atoms with Gasteiger partial charge in [-0.05, 0) is 24.1 Å². The van der Waals surface area contributed by atoms with Crippen molar-refractivity contribution in [1.29, 1.82) is 0 Å². The summed E-state index contributed by atoms with van der Waals surface area (Å²) in [4.78, 5) is 10.2. The zero-order valence-electron chi connectivity index (χ0n) is 9.68. The highest BCUT2D eigenvalue weighted by atomic mass is 32.2. The molecule has 0 saturated heterocycles. The third-order valence-corrected chi connectivity index (χ3v) is 4.22. The van der Waals surface area contributed by atoms with Gasteiger partial charge in [-0.25, -0.2) is 17.1 Å². The molecule has 94 valence electrons. The average molecular weight is 259 g/mol. The summed E-state index contributed by atoms with van der Waals surface area (Å²) in [5.74, 6) is -0.611. The molecule has 0 aliphatic carbocycles. The lowest BCUT2D eigenvalue weighted by atomic mass is 10.1. The fourth-order valence-electron chi connectivity index (χ4n) is 1.39. The topological polar surface area (TPSA) is 54.5 Å². The maximum Gasteiger partial charge on any atom is 0.242 e. The second-order valence-corrected chi connectivity index (χ2v) is 5.87. The lowest BCUT2D eigenvalue weighted by molar-refractivity contribution is -0.107. The molecule has 1 aromatic rings. The van der Waals surface area contributed by atoms with E-state index < -0.39 is 15.8 Å². The molecule has 0 aromatic heterocycles. The largest absolute Gasteiger partial charge is 0.303 e. The van der Waals surface area contributed by atoms with Gasteiger partial charge in [0.1, 0.15) is 12.1 Å². The molecule has 0 heterocycles. The molecule has 0 aliphatic heterocycles. The van der Waals surface area contributed by atoms with E-state index in [-0.39, 0.29) is 17.7 Å². The van der Waals surface area contributed by atoms with Crippen molar-refractivity contribution in [3.8, 4) is 0 Å². The SMILES string of the molecule is CN(C)S(=O)(=O)c1cc(F)ccc1CCC=O. The van der Waals surface area contributed by atoms with Gasteiger partial charge in [0.15, 0.2) is 0 Å². The van der Waals surface area contributed by atoms with Gasteiger partial charge in [-0.15, -0.1) is 0 Å². The first-order valence-corrected chi connectivity index (χ1v) is 6.48. The van der Waals surface area contributed by atoms with Crippen LogP contribution >= 0.6 is 0 Å². The predicted octanol–water partition coefficient (Wildman–Crippen LogP) is 1.21. The Morgan fingerprint density at radius 1 is 1.35 bits per heavy atom. The van der Waals surface area contributed by atoms with Crippen molar-refractivity contribution in [2.24, 2.45) is 0 Å². The fourth-order valence-corrected chi connectivity index (χ4v) is 2.54. The van der Waals surface area contributed by atoms with E-state index in [2.05, 4.69) is 0 Å². The first-order valence-electron chi connectivity index (χ1n) is 5.04. The summed E-state index contributed by atoms with van der Waals surface area (Å²) in [6.07, 6.45) is 1.20. The van der Waals surface area contributed by atoms with Crippen LogP contribution in [0.4, 0.5) is 4.39 Å². The van der Waals surface area contributed by atoms with Crippen LogP contribution in [0.1, 0.15) is 12.0 Å². The van der Waals surface area contributed by atoms with E-state index in [1.807, 2.05) is 0 Å². The highest BCUT2D eigenvalue weighted by Gasteiger charge is 2.21. The molecule has 0 bridgehead atoms. The number of benzene rings is 1. The molecule has 0 fully saturated rings. The third-order valence-electron chi connectivity index (χ3n) is 2.32. The van der Waals surface area contributed by atoms with Gasteiger partial charge in [-0.3, -0.25) is 0 Å². The minimum Gasteiger partial charge on any atom is -0.303 e. The zero-order valence-corrected chi connectivity index (χ0v) is 10.5. The normalized spacial score (nSPS) is 11.8. The molecule has 0 aliphatic rings. The maximum absolute atomic E-state index is 13.1. The Morgan fingerprint density at radius 2 is 2.00 bits per heavy atom. The Hall–Kier alpha value is -1.27. The van der Waals surface area contributed by atoms with Crippen LogP contribution in [0.2, 0.25) is 0 Å². The number of rotatable bonds is 5. The number of aldehydes is 1. The molecule has 0 amide bonds. The van der Waals surface area contributed by atoms with E-state index in [1.54, 1.807) is 0 Å². The van der Waals surface area contributed by atoms with E-state index in [4.69, 9.17) is 0 Å². The molecule has 6 heteroatoms. The number of carbonyl (C=O) groups is 1. The Bertz CT molecular complexity index is 511. The van der Waals surface area contributed by atoms with Gasteiger partial charge >= 0.3 is 0 Å². The summed E-state index contributed by atoms with van der Waals surface area (Å²) in [5, 5.41) is 0. The Labute approximate surface area is 100 Å². The van der Waals surface area contributed by atoms with Gasteiger partial charge in [-0.1, -0.05) is 6.07 Å². The Kier molecular flexibility index (Phi) is 4.36. The fraction of sp³-hybridized carbons (Fsp3) is 0.364. The molecule has 0 unspecified atom stereocenters. The molecule has 4 nitrogen and oxygen atoms in total. The van der Waals surface area contributed by atoms with Gasteiger partial charge in [0.2, 0.25) is 10.0 Å². The Balaban J connectivity index is 3.29. The van der Waals surface area contributed by atoms with Crippen molar-refractivity contribution in [3.63, 3.8) is 0 Å². The molecule has 0 radical (unpaired) electrons. The predicted molar refractivity (Wildman–Crippen MR) is 61.7 cm³/mol. The van der Waals surface area contributed by atoms with Crippen LogP contribution in [0.3, 0.4) is 0 Å². The first kappa shape index (κ1) is 13.8. The van der Waals surface area contributed by atoms with Crippen LogP contribution in [0.5, 0.6) is 0 Å². The van der Waals surface area contributed by atoms with Gasteiger partial charge < -0.3 is 4.79 Å². The number of nitrogens with zero attached hydrogens (tertiary/aromatic N) is 1. The molecule has 0 N–H and O–H groups in total. The van der Waals surface area contributed by atoms with Crippen molar-refractivity contribution in [3.05, 3.63) is 29.6 Å². The Morgan fingerprint density at radius 3 is 2.53 bits per heavy atom.